The number of nitrogens with one attached hydrogen (secondary N) is 1. The Bertz CT molecular complexity index is 1610. The summed E-state index contributed by atoms with van der Waals surface area (Å²) in [6.45, 7) is 4.45. The van der Waals surface area contributed by atoms with Gasteiger partial charge in [-0.1, -0.05) is 17.7 Å². The first-order valence-electron chi connectivity index (χ1n) is 12.0. The summed E-state index contributed by atoms with van der Waals surface area (Å²) in [6.07, 6.45) is 1.41. The Kier molecular flexibility index (Phi) is 6.99. The standard InChI is InChI=1S/C27H24ClFN2O6/c1-2-35-22-13-26(33)37-23-9-15(3-4-17(22)23)14-31-7-5-16(6-8-31)30-27(34)25-12-21(32)18-10-20(29)19(28)11-24(18)36-25/h3-4,9-13,16H,2,5-8,14H2,1H3,(H,30,34). The van der Waals surface area contributed by atoms with Crippen LogP contribution in [0.3, 0.4) is 0 Å². The van der Waals surface area contributed by atoms with Crippen LogP contribution >= 0.6 is 11.6 Å². The van der Waals surface area contributed by atoms with E-state index in [9.17, 15) is 18.8 Å². The first-order valence-corrected chi connectivity index (χ1v) is 12.3. The molecular formula is C27H24ClFN2O6. The quantitative estimate of drug-likeness (QED) is 0.369. The fourth-order valence-electron chi connectivity index (χ4n) is 4.56. The Morgan fingerprint density at radius 3 is 2.59 bits per heavy atom. The van der Waals surface area contributed by atoms with E-state index in [2.05, 4.69) is 10.2 Å². The molecule has 1 saturated heterocycles. The van der Waals surface area contributed by atoms with Gasteiger partial charge in [-0.05, 0) is 43.5 Å². The van der Waals surface area contributed by atoms with Gasteiger partial charge in [0.25, 0.3) is 5.91 Å². The van der Waals surface area contributed by atoms with E-state index in [0.717, 1.165) is 36.2 Å². The summed E-state index contributed by atoms with van der Waals surface area (Å²) in [6, 6.07) is 10.2. The van der Waals surface area contributed by atoms with Gasteiger partial charge in [0.05, 0.1) is 28.5 Å². The Labute approximate surface area is 215 Å². The second-order valence-electron chi connectivity index (χ2n) is 8.95. The molecule has 5 rings (SSSR count). The summed E-state index contributed by atoms with van der Waals surface area (Å²) >= 11 is 5.79. The van der Waals surface area contributed by atoms with Gasteiger partial charge in [0, 0.05) is 37.8 Å². The molecule has 0 radical (unpaired) electrons. The minimum absolute atomic E-state index is 0.0221. The molecule has 1 N–H and O–H groups in total. The van der Waals surface area contributed by atoms with Crippen LogP contribution in [-0.2, 0) is 6.54 Å². The molecule has 3 heterocycles. The first kappa shape index (κ1) is 25.0. The average Bonchev–Trinajstić information content (AvgIpc) is 2.86. The number of hydrogen-bond acceptors (Lipinski definition) is 7. The molecule has 0 atom stereocenters. The lowest BCUT2D eigenvalue weighted by atomic mass is 10.0. The SMILES string of the molecule is CCOc1cc(=O)oc2cc(CN3CCC(NC(=O)c4cc(=O)c5cc(F)c(Cl)cc5o4)CC3)ccc12. The lowest BCUT2D eigenvalue weighted by molar-refractivity contribution is 0.0881. The van der Waals surface area contributed by atoms with Crippen LogP contribution in [0, 0.1) is 5.82 Å². The second-order valence-corrected chi connectivity index (χ2v) is 9.36. The number of nitrogens with zero attached hydrogens (tertiary/aromatic N) is 1. The number of piperidine rings is 1. The molecule has 0 bridgehead atoms. The molecule has 192 valence electrons. The Morgan fingerprint density at radius 2 is 1.84 bits per heavy atom. The van der Waals surface area contributed by atoms with Crippen molar-refractivity contribution in [3.8, 4) is 5.75 Å². The number of likely N-dealkylation sites (tertiary alicyclic amines) is 1. The number of fused-ring (bicyclic) bond motifs is 2. The van der Waals surface area contributed by atoms with Gasteiger partial charge >= 0.3 is 5.63 Å². The number of benzene rings is 2. The largest absolute Gasteiger partial charge is 0.493 e. The summed E-state index contributed by atoms with van der Waals surface area (Å²) in [5.74, 6) is -0.873. The lowest BCUT2D eigenvalue weighted by Gasteiger charge is -2.32. The van der Waals surface area contributed by atoms with E-state index in [0.29, 0.717) is 37.3 Å². The Balaban J connectivity index is 1.22. The van der Waals surface area contributed by atoms with Crippen molar-refractivity contribution in [3.05, 3.63) is 85.3 Å². The zero-order valence-corrected chi connectivity index (χ0v) is 20.8. The predicted molar refractivity (Wildman–Crippen MR) is 137 cm³/mol. The molecule has 10 heteroatoms. The second kappa shape index (κ2) is 10.4. The summed E-state index contributed by atoms with van der Waals surface area (Å²) in [7, 11) is 0. The number of carbonyl (C=O) groups excluding carboxylic acids is 1. The van der Waals surface area contributed by atoms with E-state index >= 15 is 0 Å². The van der Waals surface area contributed by atoms with Crippen molar-refractivity contribution in [2.45, 2.75) is 32.4 Å². The van der Waals surface area contributed by atoms with Gasteiger partial charge in [-0.3, -0.25) is 14.5 Å². The summed E-state index contributed by atoms with van der Waals surface area (Å²) in [4.78, 5) is 39.2. The fraction of sp³-hybridized carbons (Fsp3) is 0.296. The molecule has 0 saturated carbocycles. The molecule has 0 unspecified atom stereocenters. The van der Waals surface area contributed by atoms with Crippen LogP contribution in [0.1, 0.15) is 35.9 Å². The summed E-state index contributed by atoms with van der Waals surface area (Å²) < 4.78 is 30.1. The number of amides is 1. The van der Waals surface area contributed by atoms with E-state index in [1.807, 2.05) is 25.1 Å². The third-order valence-corrected chi connectivity index (χ3v) is 6.68. The van der Waals surface area contributed by atoms with Crippen molar-refractivity contribution >= 4 is 39.4 Å². The molecule has 0 aliphatic carbocycles. The van der Waals surface area contributed by atoms with Crippen LogP contribution in [-0.4, -0.2) is 36.5 Å². The molecule has 2 aromatic carbocycles. The summed E-state index contributed by atoms with van der Waals surface area (Å²) in [5.41, 5.74) is 0.563. The normalized spacial score (nSPS) is 14.8. The van der Waals surface area contributed by atoms with E-state index in [1.54, 1.807) is 0 Å². The lowest BCUT2D eigenvalue weighted by Crippen LogP contribution is -2.44. The van der Waals surface area contributed by atoms with Crippen molar-refractivity contribution in [1.82, 2.24) is 10.2 Å². The van der Waals surface area contributed by atoms with Crippen LogP contribution in [0.25, 0.3) is 21.9 Å². The Morgan fingerprint density at radius 1 is 1.08 bits per heavy atom. The number of halogens is 2. The van der Waals surface area contributed by atoms with Crippen LogP contribution in [0.2, 0.25) is 5.02 Å². The maximum atomic E-state index is 13.7. The minimum Gasteiger partial charge on any atom is -0.493 e. The number of carbonyl (C=O) groups is 1. The van der Waals surface area contributed by atoms with Gasteiger partial charge in [-0.25, -0.2) is 9.18 Å². The minimum atomic E-state index is -0.728. The monoisotopic (exact) mass is 526 g/mol. The zero-order valence-electron chi connectivity index (χ0n) is 20.0. The fourth-order valence-corrected chi connectivity index (χ4v) is 4.72. The van der Waals surface area contributed by atoms with E-state index in [-0.39, 0.29) is 27.8 Å². The van der Waals surface area contributed by atoms with Gasteiger partial charge in [-0.2, -0.15) is 0 Å². The third-order valence-electron chi connectivity index (χ3n) is 6.39. The van der Waals surface area contributed by atoms with Gasteiger partial charge in [0.1, 0.15) is 22.7 Å². The van der Waals surface area contributed by atoms with Gasteiger partial charge in [0.15, 0.2) is 11.2 Å². The zero-order chi connectivity index (χ0) is 26.1. The highest BCUT2D eigenvalue weighted by Gasteiger charge is 2.23. The molecular weight excluding hydrogens is 503 g/mol. The van der Waals surface area contributed by atoms with Crippen molar-refractivity contribution in [2.75, 3.05) is 19.7 Å². The Hall–Kier alpha value is -3.69. The highest BCUT2D eigenvalue weighted by atomic mass is 35.5. The average molecular weight is 527 g/mol. The van der Waals surface area contributed by atoms with Crippen molar-refractivity contribution in [3.63, 3.8) is 0 Å². The molecule has 1 fully saturated rings. The first-order chi connectivity index (χ1) is 17.8. The molecule has 2 aromatic heterocycles. The van der Waals surface area contributed by atoms with Crippen LogP contribution < -0.4 is 21.1 Å². The molecule has 0 spiro atoms. The molecule has 1 aliphatic rings. The van der Waals surface area contributed by atoms with Crippen LogP contribution in [0.15, 0.2) is 60.9 Å². The predicted octanol–water partition coefficient (Wildman–Crippen LogP) is 4.49. The third kappa shape index (κ3) is 5.38. The highest BCUT2D eigenvalue weighted by Crippen LogP contribution is 2.26. The number of ether oxygens (including phenoxy) is 1. The van der Waals surface area contributed by atoms with E-state index < -0.39 is 22.8 Å². The maximum Gasteiger partial charge on any atom is 0.339 e. The van der Waals surface area contributed by atoms with E-state index in [4.69, 9.17) is 25.2 Å². The molecule has 37 heavy (non-hydrogen) atoms. The molecule has 1 amide bonds. The number of hydrogen-bond donors (Lipinski definition) is 1. The van der Waals surface area contributed by atoms with Gasteiger partial charge < -0.3 is 18.9 Å². The van der Waals surface area contributed by atoms with Gasteiger partial charge in [0.2, 0.25) is 0 Å². The van der Waals surface area contributed by atoms with Crippen LogP contribution in [0.5, 0.6) is 5.75 Å². The molecule has 4 aromatic rings. The van der Waals surface area contributed by atoms with Crippen molar-refractivity contribution in [1.29, 1.82) is 0 Å². The van der Waals surface area contributed by atoms with Crippen molar-refractivity contribution < 1.29 is 22.8 Å². The van der Waals surface area contributed by atoms with Gasteiger partial charge in [-0.15, -0.1) is 0 Å². The molecule has 1 aliphatic heterocycles. The topological polar surface area (TPSA) is 102 Å². The highest BCUT2D eigenvalue weighted by molar-refractivity contribution is 6.31. The smallest absolute Gasteiger partial charge is 0.339 e. The molecule has 8 nitrogen and oxygen atoms in total. The van der Waals surface area contributed by atoms with Crippen LogP contribution in [0.4, 0.5) is 4.39 Å². The van der Waals surface area contributed by atoms with Crippen molar-refractivity contribution in [2.24, 2.45) is 0 Å². The summed E-state index contributed by atoms with van der Waals surface area (Å²) in [5, 5.41) is 3.50. The maximum absolute atomic E-state index is 13.7. The number of rotatable bonds is 6. The van der Waals surface area contributed by atoms with E-state index in [1.165, 1.54) is 12.1 Å².